The Labute approximate surface area is 124 Å². The minimum absolute atomic E-state index is 0.173. The number of nitrogens with zero attached hydrogens (tertiary/aromatic N) is 4. The molecule has 0 saturated carbocycles. The van der Waals surface area contributed by atoms with Crippen LogP contribution in [-0.2, 0) is 0 Å². The molecule has 2 heterocycles. The summed E-state index contributed by atoms with van der Waals surface area (Å²) in [6.07, 6.45) is 6.71. The molecule has 2 aromatic rings. The van der Waals surface area contributed by atoms with Crippen LogP contribution in [0, 0.1) is 5.82 Å². The van der Waals surface area contributed by atoms with Crippen LogP contribution >= 0.6 is 0 Å². The fraction of sp³-hybridized carbons (Fsp3) is 0.500. The van der Waals surface area contributed by atoms with Crippen LogP contribution in [0.2, 0.25) is 0 Å². The fourth-order valence-electron chi connectivity index (χ4n) is 3.28. The van der Waals surface area contributed by atoms with Gasteiger partial charge >= 0.3 is 0 Å². The average Bonchev–Trinajstić information content (AvgIpc) is 3.05. The third-order valence-corrected chi connectivity index (χ3v) is 4.32. The number of rotatable bonds is 4. The highest BCUT2D eigenvalue weighted by atomic mass is 19.1. The topological polar surface area (TPSA) is 34.0 Å². The Bertz CT molecular complexity index is 552. The van der Waals surface area contributed by atoms with Gasteiger partial charge < -0.3 is 0 Å². The molecule has 4 nitrogen and oxygen atoms in total. The third kappa shape index (κ3) is 3.13. The minimum Gasteiger partial charge on any atom is -0.294 e. The predicted octanol–water partition coefficient (Wildman–Crippen LogP) is 3.21. The maximum Gasteiger partial charge on any atom is 0.137 e. The SMILES string of the molecule is CC[C@H](c1ccc(F)cc1)N1CCC[C@@H](n2cncn2)C1. The summed E-state index contributed by atoms with van der Waals surface area (Å²) >= 11 is 0. The van der Waals surface area contributed by atoms with E-state index in [4.69, 9.17) is 0 Å². The van der Waals surface area contributed by atoms with Crippen molar-refractivity contribution >= 4 is 0 Å². The van der Waals surface area contributed by atoms with E-state index >= 15 is 0 Å². The molecule has 0 radical (unpaired) electrons. The van der Waals surface area contributed by atoms with Gasteiger partial charge in [0.05, 0.1) is 6.04 Å². The summed E-state index contributed by atoms with van der Waals surface area (Å²) in [5.41, 5.74) is 1.19. The van der Waals surface area contributed by atoms with Gasteiger partial charge in [0.2, 0.25) is 0 Å². The van der Waals surface area contributed by atoms with Crippen LogP contribution in [0.3, 0.4) is 0 Å². The van der Waals surface area contributed by atoms with Gasteiger partial charge in [-0.05, 0) is 43.5 Å². The zero-order chi connectivity index (χ0) is 14.7. The molecule has 0 aliphatic carbocycles. The largest absolute Gasteiger partial charge is 0.294 e. The van der Waals surface area contributed by atoms with E-state index in [0.29, 0.717) is 12.1 Å². The van der Waals surface area contributed by atoms with Crippen molar-refractivity contribution in [1.29, 1.82) is 0 Å². The van der Waals surface area contributed by atoms with Gasteiger partial charge in [-0.15, -0.1) is 0 Å². The first-order valence-corrected chi connectivity index (χ1v) is 7.61. The van der Waals surface area contributed by atoms with Gasteiger partial charge in [-0.1, -0.05) is 19.1 Å². The van der Waals surface area contributed by atoms with Crippen LogP contribution in [0.15, 0.2) is 36.9 Å². The first kappa shape index (κ1) is 14.2. The van der Waals surface area contributed by atoms with E-state index in [0.717, 1.165) is 32.4 Å². The highest BCUT2D eigenvalue weighted by Crippen LogP contribution is 2.30. The van der Waals surface area contributed by atoms with Gasteiger partial charge in [0, 0.05) is 12.6 Å². The zero-order valence-corrected chi connectivity index (χ0v) is 12.3. The van der Waals surface area contributed by atoms with Gasteiger partial charge in [-0.25, -0.2) is 14.1 Å². The van der Waals surface area contributed by atoms with Crippen LogP contribution in [0.5, 0.6) is 0 Å². The van der Waals surface area contributed by atoms with Crippen molar-refractivity contribution in [2.75, 3.05) is 13.1 Å². The summed E-state index contributed by atoms with van der Waals surface area (Å²) in [6, 6.07) is 7.64. The second-order valence-corrected chi connectivity index (χ2v) is 5.64. The van der Waals surface area contributed by atoms with Crippen molar-refractivity contribution in [2.45, 2.75) is 38.3 Å². The molecular weight excluding hydrogens is 267 g/mol. The third-order valence-electron chi connectivity index (χ3n) is 4.32. The van der Waals surface area contributed by atoms with Crippen LogP contribution in [0.1, 0.15) is 43.8 Å². The number of halogens is 1. The van der Waals surface area contributed by atoms with E-state index in [1.165, 1.54) is 5.56 Å². The van der Waals surface area contributed by atoms with Crippen LogP contribution in [0.25, 0.3) is 0 Å². The first-order chi connectivity index (χ1) is 10.3. The van der Waals surface area contributed by atoms with Crippen molar-refractivity contribution in [3.8, 4) is 0 Å². The summed E-state index contributed by atoms with van der Waals surface area (Å²) in [5.74, 6) is -0.173. The summed E-state index contributed by atoms with van der Waals surface area (Å²) in [5, 5.41) is 4.27. The minimum atomic E-state index is -0.173. The van der Waals surface area contributed by atoms with Gasteiger partial charge in [-0.2, -0.15) is 5.10 Å². The second kappa shape index (κ2) is 6.35. The molecule has 112 valence electrons. The summed E-state index contributed by atoms with van der Waals surface area (Å²) < 4.78 is 15.1. The monoisotopic (exact) mass is 288 g/mol. The molecule has 1 fully saturated rings. The Morgan fingerprint density at radius 3 is 2.81 bits per heavy atom. The van der Waals surface area contributed by atoms with E-state index < -0.39 is 0 Å². The fourth-order valence-corrected chi connectivity index (χ4v) is 3.28. The van der Waals surface area contributed by atoms with E-state index in [1.54, 1.807) is 24.8 Å². The summed E-state index contributed by atoms with van der Waals surface area (Å²) in [6.45, 7) is 4.24. The average molecular weight is 288 g/mol. The molecular formula is C16H21FN4. The van der Waals surface area contributed by atoms with E-state index in [9.17, 15) is 4.39 Å². The lowest BCUT2D eigenvalue weighted by molar-refractivity contribution is 0.117. The van der Waals surface area contributed by atoms with Gasteiger partial charge in [-0.3, -0.25) is 4.90 Å². The van der Waals surface area contributed by atoms with Crippen molar-refractivity contribution in [1.82, 2.24) is 19.7 Å². The molecule has 1 saturated heterocycles. The Morgan fingerprint density at radius 1 is 1.33 bits per heavy atom. The van der Waals surface area contributed by atoms with Crippen LogP contribution in [0.4, 0.5) is 4.39 Å². The van der Waals surface area contributed by atoms with Crippen LogP contribution in [-0.4, -0.2) is 32.8 Å². The molecule has 0 N–H and O–H groups in total. The molecule has 5 heteroatoms. The Morgan fingerprint density at radius 2 is 2.14 bits per heavy atom. The number of hydrogen-bond donors (Lipinski definition) is 0. The quantitative estimate of drug-likeness (QED) is 0.866. The second-order valence-electron chi connectivity index (χ2n) is 5.64. The Balaban J connectivity index is 1.75. The molecule has 1 aliphatic heterocycles. The molecule has 1 aromatic carbocycles. The number of piperidine rings is 1. The molecule has 0 bridgehead atoms. The van der Waals surface area contributed by atoms with Gasteiger partial charge in [0.15, 0.2) is 0 Å². The van der Waals surface area contributed by atoms with E-state index in [2.05, 4.69) is 21.9 Å². The Hall–Kier alpha value is -1.75. The molecule has 1 aliphatic rings. The summed E-state index contributed by atoms with van der Waals surface area (Å²) in [4.78, 5) is 6.54. The lowest BCUT2D eigenvalue weighted by Gasteiger charge is -2.38. The van der Waals surface area contributed by atoms with E-state index in [-0.39, 0.29) is 5.82 Å². The lowest BCUT2D eigenvalue weighted by Crippen LogP contribution is -2.39. The predicted molar refractivity (Wildman–Crippen MR) is 79.3 cm³/mol. The van der Waals surface area contributed by atoms with Crippen molar-refractivity contribution in [2.24, 2.45) is 0 Å². The maximum absolute atomic E-state index is 13.1. The van der Waals surface area contributed by atoms with E-state index in [1.807, 2.05) is 16.8 Å². The highest BCUT2D eigenvalue weighted by Gasteiger charge is 2.27. The molecule has 0 unspecified atom stereocenters. The molecule has 2 atom stereocenters. The Kier molecular flexibility index (Phi) is 4.29. The summed E-state index contributed by atoms with van der Waals surface area (Å²) in [7, 11) is 0. The number of benzene rings is 1. The van der Waals surface area contributed by atoms with Gasteiger partial charge in [0.1, 0.15) is 18.5 Å². The standard InChI is InChI=1S/C16H21FN4/c1-2-16(13-5-7-14(17)8-6-13)20-9-3-4-15(10-20)21-12-18-11-19-21/h5-8,11-12,15-16H,2-4,9-10H2,1H3/t15-,16-/m1/s1. The maximum atomic E-state index is 13.1. The normalized spacial score (nSPS) is 21.3. The van der Waals surface area contributed by atoms with Crippen molar-refractivity contribution in [3.63, 3.8) is 0 Å². The molecule has 0 amide bonds. The van der Waals surface area contributed by atoms with Crippen molar-refractivity contribution < 1.29 is 4.39 Å². The van der Waals surface area contributed by atoms with Crippen LogP contribution < -0.4 is 0 Å². The zero-order valence-electron chi connectivity index (χ0n) is 12.3. The number of hydrogen-bond acceptors (Lipinski definition) is 3. The molecule has 1 aromatic heterocycles. The van der Waals surface area contributed by atoms with Crippen molar-refractivity contribution in [3.05, 3.63) is 48.3 Å². The first-order valence-electron chi connectivity index (χ1n) is 7.61. The number of aromatic nitrogens is 3. The van der Waals surface area contributed by atoms with Gasteiger partial charge in [0.25, 0.3) is 0 Å². The highest BCUT2D eigenvalue weighted by molar-refractivity contribution is 5.20. The molecule has 0 spiro atoms. The molecule has 21 heavy (non-hydrogen) atoms. The smallest absolute Gasteiger partial charge is 0.137 e. The lowest BCUT2D eigenvalue weighted by atomic mass is 9.98. The molecule has 3 rings (SSSR count). The number of likely N-dealkylation sites (tertiary alicyclic amines) is 1.